The second kappa shape index (κ2) is 18.2. The lowest BCUT2D eigenvalue weighted by atomic mass is 10.1. The molecule has 2 heterocycles. The van der Waals surface area contributed by atoms with E-state index in [9.17, 15) is 28.8 Å². The number of aromatic nitrogens is 1. The van der Waals surface area contributed by atoms with Crippen molar-refractivity contribution in [2.75, 3.05) is 25.1 Å². The summed E-state index contributed by atoms with van der Waals surface area (Å²) < 4.78 is 5.75. The minimum absolute atomic E-state index is 0.215. The lowest BCUT2D eigenvalue weighted by Crippen LogP contribution is -2.25. The molecule has 41 heavy (non-hydrogen) atoms. The number of carbonyl (C=O) groups is 6. The molecule has 218 valence electrons. The molecule has 0 bridgehead atoms. The van der Waals surface area contributed by atoms with E-state index in [1.165, 1.54) is 0 Å². The molecular weight excluding hydrogens is 562 g/mol. The van der Waals surface area contributed by atoms with Crippen LogP contribution < -0.4 is 15.0 Å². The zero-order chi connectivity index (χ0) is 30.8. The van der Waals surface area contributed by atoms with Crippen molar-refractivity contribution in [3.8, 4) is 5.75 Å². The van der Waals surface area contributed by atoms with E-state index in [0.29, 0.717) is 37.3 Å². The number of carboxylic acids is 4. The number of likely N-dealkylation sites (N-methyl/N-ethyl adjacent to an activating group) is 1. The number of rotatable bonds is 11. The molecule has 1 aliphatic rings. The van der Waals surface area contributed by atoms with Crippen LogP contribution in [0.15, 0.2) is 73.0 Å². The van der Waals surface area contributed by atoms with Crippen molar-refractivity contribution < 1.29 is 53.9 Å². The van der Waals surface area contributed by atoms with Crippen LogP contribution in [0, 0.1) is 0 Å². The zero-order valence-electron chi connectivity index (χ0n) is 21.6. The van der Waals surface area contributed by atoms with Gasteiger partial charge < -0.3 is 30.1 Å². The molecule has 0 aliphatic carbocycles. The lowest BCUT2D eigenvalue weighted by molar-refractivity contribution is -0.134. The molecule has 3 rings (SSSR count). The lowest BCUT2D eigenvalue weighted by Gasteiger charge is -2.18. The predicted molar refractivity (Wildman–Crippen MR) is 147 cm³/mol. The van der Waals surface area contributed by atoms with E-state index in [-0.39, 0.29) is 16.4 Å². The number of carboxylic acid groups (broad SMARTS) is 4. The largest absolute Gasteiger partial charge is 0.492 e. The molecule has 2 aromatic rings. The van der Waals surface area contributed by atoms with Crippen LogP contribution in [0.2, 0.25) is 0 Å². The molecule has 1 atom stereocenters. The fraction of sp³-hybridized carbons (Fsp3) is 0.192. The smallest absolute Gasteiger partial charge is 0.328 e. The van der Waals surface area contributed by atoms with Gasteiger partial charge in [0.2, 0.25) is 5.91 Å². The Balaban J connectivity index is 0.000000433. The van der Waals surface area contributed by atoms with Crippen LogP contribution in [0.1, 0.15) is 5.56 Å². The number of hydrogen-bond acceptors (Lipinski definition) is 10. The van der Waals surface area contributed by atoms with Crippen LogP contribution in [-0.4, -0.2) is 85.9 Å². The van der Waals surface area contributed by atoms with E-state index in [1.807, 2.05) is 54.4 Å². The maximum Gasteiger partial charge on any atom is 0.328 e. The van der Waals surface area contributed by atoms with Crippen molar-refractivity contribution in [3.05, 3.63) is 78.5 Å². The van der Waals surface area contributed by atoms with E-state index < -0.39 is 23.9 Å². The van der Waals surface area contributed by atoms with Crippen molar-refractivity contribution in [2.45, 2.75) is 11.7 Å². The first-order valence-electron chi connectivity index (χ1n) is 11.5. The van der Waals surface area contributed by atoms with Gasteiger partial charge in [-0.15, -0.1) is 0 Å². The third kappa shape index (κ3) is 15.7. The Morgan fingerprint density at radius 1 is 0.902 bits per heavy atom. The third-order valence-corrected chi connectivity index (χ3v) is 5.57. The molecule has 14 nitrogen and oxygen atoms in total. The van der Waals surface area contributed by atoms with Gasteiger partial charge in [-0.25, -0.2) is 24.2 Å². The summed E-state index contributed by atoms with van der Waals surface area (Å²) in [5.41, 5.74) is 1.00. The fourth-order valence-electron chi connectivity index (χ4n) is 2.74. The standard InChI is InChI=1S/C18H19N3O3S.2C4H4O4/c1-21(16-4-2-3-9-19-16)10-11-24-14-7-5-13(6-8-14)12-15-17(22)20-18(23)25-15;2*5-3(6)1-2-4(7)8/h2-9,15H,10-12H2,1H3,(H,20,22,23);2*1-2H,(H,5,6)(H,7,8)/b;2*2-1-. The predicted octanol–water partition coefficient (Wildman–Crippen LogP) is 1.91. The highest BCUT2D eigenvalue weighted by atomic mass is 32.2. The minimum atomic E-state index is -1.26. The number of ether oxygens (including phenoxy) is 1. The molecule has 1 aromatic heterocycles. The van der Waals surface area contributed by atoms with Crippen LogP contribution in [0.25, 0.3) is 0 Å². The molecule has 1 saturated heterocycles. The number of imide groups is 1. The molecule has 5 N–H and O–H groups in total. The number of pyridine rings is 1. The molecular formula is C26H27N3O11S. The SMILES string of the molecule is CN(CCOc1ccc(CC2SC(=O)NC2=O)cc1)c1ccccn1.O=C(O)/C=C\C(=O)O.O=C(O)/C=C\C(=O)O. The van der Waals surface area contributed by atoms with Crippen LogP contribution in [0.5, 0.6) is 5.75 Å². The molecule has 1 aromatic carbocycles. The number of anilines is 1. The van der Waals surface area contributed by atoms with Gasteiger partial charge in [-0.2, -0.15) is 0 Å². The Morgan fingerprint density at radius 2 is 1.44 bits per heavy atom. The minimum Gasteiger partial charge on any atom is -0.492 e. The summed E-state index contributed by atoms with van der Waals surface area (Å²) in [5, 5.41) is 32.9. The Hall–Kier alpha value is -5.18. The monoisotopic (exact) mass is 589 g/mol. The second-order valence-corrected chi connectivity index (χ2v) is 8.88. The molecule has 0 spiro atoms. The summed E-state index contributed by atoms with van der Waals surface area (Å²) >= 11 is 1.05. The van der Waals surface area contributed by atoms with Gasteiger partial charge in [-0.1, -0.05) is 30.0 Å². The first-order chi connectivity index (χ1) is 19.4. The number of aliphatic carboxylic acids is 4. The van der Waals surface area contributed by atoms with Gasteiger partial charge >= 0.3 is 23.9 Å². The average Bonchev–Trinajstić information content (AvgIpc) is 3.24. The summed E-state index contributed by atoms with van der Waals surface area (Å²) in [5.74, 6) is -3.56. The van der Waals surface area contributed by atoms with Gasteiger partial charge in [0.1, 0.15) is 18.2 Å². The number of amides is 2. The summed E-state index contributed by atoms with van der Waals surface area (Å²) in [6, 6.07) is 13.4. The number of nitrogens with one attached hydrogen (secondary N) is 1. The van der Waals surface area contributed by atoms with Crippen molar-refractivity contribution >= 4 is 52.6 Å². The third-order valence-electron chi connectivity index (χ3n) is 4.58. The van der Waals surface area contributed by atoms with Gasteiger partial charge in [0.25, 0.3) is 5.24 Å². The number of thioether (sulfide) groups is 1. The second-order valence-electron chi connectivity index (χ2n) is 7.71. The molecule has 1 fully saturated rings. The summed E-state index contributed by atoms with van der Waals surface area (Å²) in [4.78, 5) is 67.3. The number of carbonyl (C=O) groups excluding carboxylic acids is 2. The van der Waals surface area contributed by atoms with Crippen molar-refractivity contribution in [1.29, 1.82) is 0 Å². The maximum absolute atomic E-state index is 11.6. The molecule has 1 unspecified atom stereocenters. The van der Waals surface area contributed by atoms with E-state index >= 15 is 0 Å². The van der Waals surface area contributed by atoms with Gasteiger partial charge in [-0.05, 0) is 36.2 Å². The van der Waals surface area contributed by atoms with Gasteiger partial charge in [0.15, 0.2) is 0 Å². The van der Waals surface area contributed by atoms with Crippen LogP contribution >= 0.6 is 11.8 Å². The Morgan fingerprint density at radius 3 is 1.85 bits per heavy atom. The number of benzene rings is 1. The van der Waals surface area contributed by atoms with Gasteiger partial charge in [-0.3, -0.25) is 14.9 Å². The van der Waals surface area contributed by atoms with Gasteiger partial charge in [0.05, 0.1) is 11.8 Å². The first-order valence-corrected chi connectivity index (χ1v) is 12.4. The zero-order valence-corrected chi connectivity index (χ0v) is 22.4. The summed E-state index contributed by atoms with van der Waals surface area (Å²) in [7, 11) is 1.97. The average molecular weight is 590 g/mol. The van der Waals surface area contributed by atoms with E-state index in [4.69, 9.17) is 25.2 Å². The van der Waals surface area contributed by atoms with E-state index in [2.05, 4.69) is 10.3 Å². The van der Waals surface area contributed by atoms with Crippen molar-refractivity contribution in [2.24, 2.45) is 0 Å². The van der Waals surface area contributed by atoms with E-state index in [1.54, 1.807) is 6.20 Å². The highest BCUT2D eigenvalue weighted by molar-refractivity contribution is 8.15. The highest BCUT2D eigenvalue weighted by Crippen LogP contribution is 2.23. The Bertz CT molecular complexity index is 1200. The van der Waals surface area contributed by atoms with Crippen LogP contribution in [-0.2, 0) is 30.4 Å². The molecule has 0 radical (unpaired) electrons. The highest BCUT2D eigenvalue weighted by Gasteiger charge is 2.31. The number of hydrogen-bond donors (Lipinski definition) is 5. The van der Waals surface area contributed by atoms with Gasteiger partial charge in [0, 0.05) is 37.5 Å². The van der Waals surface area contributed by atoms with E-state index in [0.717, 1.165) is 35.4 Å². The number of nitrogens with zero attached hydrogens (tertiary/aromatic N) is 2. The topological polar surface area (TPSA) is 221 Å². The Labute approximate surface area is 238 Å². The van der Waals surface area contributed by atoms with Crippen molar-refractivity contribution in [1.82, 2.24) is 10.3 Å². The molecule has 0 saturated carbocycles. The molecule has 2 amide bonds. The van der Waals surface area contributed by atoms with Crippen molar-refractivity contribution in [3.63, 3.8) is 0 Å². The van der Waals surface area contributed by atoms with Crippen LogP contribution in [0.3, 0.4) is 0 Å². The molecule has 1 aliphatic heterocycles. The van der Waals surface area contributed by atoms with Crippen LogP contribution in [0.4, 0.5) is 10.6 Å². The maximum atomic E-state index is 11.6. The molecule has 15 heteroatoms. The fourth-order valence-corrected chi connectivity index (χ4v) is 3.60. The normalized spacial score (nSPS) is 13.8. The first kappa shape index (κ1) is 33.8. The summed E-state index contributed by atoms with van der Waals surface area (Å²) in [6.45, 7) is 1.27. The summed E-state index contributed by atoms with van der Waals surface area (Å²) in [6.07, 6.45) is 4.53. The quantitative estimate of drug-likeness (QED) is 0.236. The Kier molecular flexibility index (Phi) is 15.0.